The second-order valence-electron chi connectivity index (χ2n) is 5.18. The standard InChI is InChI=1S/C16H34O2/c1-4-6-7-8-9-10-11-13-16(12-5-2)18-15-14-17-3/h16H,4-15H2,1-3H3. The fraction of sp³-hybridized carbons (Fsp3) is 1.00. The third-order valence-corrected chi connectivity index (χ3v) is 3.38. The maximum Gasteiger partial charge on any atom is 0.0704 e. The Kier molecular flexibility index (Phi) is 14.9. The van der Waals surface area contributed by atoms with Crippen molar-refractivity contribution in [2.24, 2.45) is 0 Å². The van der Waals surface area contributed by atoms with Crippen LogP contribution in [0.4, 0.5) is 0 Å². The van der Waals surface area contributed by atoms with Gasteiger partial charge in [0, 0.05) is 7.11 Å². The average molecular weight is 258 g/mol. The zero-order valence-corrected chi connectivity index (χ0v) is 12.9. The quantitative estimate of drug-likeness (QED) is 0.410. The molecular formula is C16H34O2. The molecule has 0 rings (SSSR count). The molecular weight excluding hydrogens is 224 g/mol. The highest BCUT2D eigenvalue weighted by Crippen LogP contribution is 2.14. The Bertz CT molecular complexity index is 148. The molecule has 0 aromatic rings. The molecule has 0 spiro atoms. The molecule has 110 valence electrons. The molecule has 0 bridgehead atoms. The summed E-state index contributed by atoms with van der Waals surface area (Å²) in [5.74, 6) is 0. The van der Waals surface area contributed by atoms with E-state index < -0.39 is 0 Å². The predicted octanol–water partition coefficient (Wildman–Crippen LogP) is 4.96. The van der Waals surface area contributed by atoms with E-state index in [0.29, 0.717) is 6.10 Å². The molecule has 0 aliphatic heterocycles. The number of unbranched alkanes of at least 4 members (excludes halogenated alkanes) is 6. The van der Waals surface area contributed by atoms with Gasteiger partial charge < -0.3 is 9.47 Å². The van der Waals surface area contributed by atoms with E-state index in [0.717, 1.165) is 13.2 Å². The maximum absolute atomic E-state index is 5.84. The molecule has 0 saturated heterocycles. The van der Waals surface area contributed by atoms with Crippen molar-refractivity contribution in [3.63, 3.8) is 0 Å². The van der Waals surface area contributed by atoms with Crippen LogP contribution in [0.3, 0.4) is 0 Å². The smallest absolute Gasteiger partial charge is 0.0704 e. The van der Waals surface area contributed by atoms with Gasteiger partial charge in [0.2, 0.25) is 0 Å². The molecule has 2 nitrogen and oxygen atoms in total. The van der Waals surface area contributed by atoms with Crippen LogP contribution in [0.2, 0.25) is 0 Å². The summed E-state index contributed by atoms with van der Waals surface area (Å²) in [6.45, 7) is 5.97. The summed E-state index contributed by atoms with van der Waals surface area (Å²) in [5, 5.41) is 0. The second kappa shape index (κ2) is 15.0. The van der Waals surface area contributed by atoms with Gasteiger partial charge in [-0.2, -0.15) is 0 Å². The summed E-state index contributed by atoms with van der Waals surface area (Å²) in [7, 11) is 1.73. The molecule has 18 heavy (non-hydrogen) atoms. The normalized spacial score (nSPS) is 12.8. The first-order valence-corrected chi connectivity index (χ1v) is 7.95. The largest absolute Gasteiger partial charge is 0.382 e. The Morgan fingerprint density at radius 2 is 1.39 bits per heavy atom. The van der Waals surface area contributed by atoms with Crippen LogP contribution in [0.5, 0.6) is 0 Å². The highest BCUT2D eigenvalue weighted by atomic mass is 16.5. The molecule has 0 aromatic heterocycles. The summed E-state index contributed by atoms with van der Waals surface area (Å²) in [4.78, 5) is 0. The summed E-state index contributed by atoms with van der Waals surface area (Å²) >= 11 is 0. The van der Waals surface area contributed by atoms with Gasteiger partial charge in [-0.05, 0) is 12.8 Å². The predicted molar refractivity (Wildman–Crippen MR) is 79.1 cm³/mol. The van der Waals surface area contributed by atoms with Crippen LogP contribution in [0.1, 0.15) is 78.1 Å². The van der Waals surface area contributed by atoms with E-state index in [1.807, 2.05) is 0 Å². The van der Waals surface area contributed by atoms with Gasteiger partial charge in [-0.1, -0.05) is 65.2 Å². The lowest BCUT2D eigenvalue weighted by Crippen LogP contribution is -2.15. The van der Waals surface area contributed by atoms with E-state index in [9.17, 15) is 0 Å². The third kappa shape index (κ3) is 12.4. The van der Waals surface area contributed by atoms with E-state index in [4.69, 9.17) is 9.47 Å². The van der Waals surface area contributed by atoms with E-state index in [1.54, 1.807) is 7.11 Å². The molecule has 0 radical (unpaired) electrons. The Morgan fingerprint density at radius 3 is 2.00 bits per heavy atom. The van der Waals surface area contributed by atoms with E-state index >= 15 is 0 Å². The summed E-state index contributed by atoms with van der Waals surface area (Å²) in [6, 6.07) is 0. The fourth-order valence-corrected chi connectivity index (χ4v) is 2.26. The van der Waals surface area contributed by atoms with Crippen LogP contribution >= 0.6 is 0 Å². The molecule has 1 unspecified atom stereocenters. The van der Waals surface area contributed by atoms with E-state index in [1.165, 1.54) is 64.2 Å². The maximum atomic E-state index is 5.84. The van der Waals surface area contributed by atoms with Crippen LogP contribution in [0.25, 0.3) is 0 Å². The van der Waals surface area contributed by atoms with Crippen molar-refractivity contribution in [3.8, 4) is 0 Å². The van der Waals surface area contributed by atoms with Crippen molar-refractivity contribution in [1.29, 1.82) is 0 Å². The van der Waals surface area contributed by atoms with Crippen LogP contribution in [-0.2, 0) is 9.47 Å². The lowest BCUT2D eigenvalue weighted by molar-refractivity contribution is 0.00770. The highest BCUT2D eigenvalue weighted by Gasteiger charge is 2.07. The lowest BCUT2D eigenvalue weighted by Gasteiger charge is -2.17. The topological polar surface area (TPSA) is 18.5 Å². The van der Waals surface area contributed by atoms with Crippen LogP contribution < -0.4 is 0 Å². The number of rotatable bonds is 14. The Labute approximate surface area is 114 Å². The average Bonchev–Trinajstić information content (AvgIpc) is 2.38. The minimum Gasteiger partial charge on any atom is -0.382 e. The number of methoxy groups -OCH3 is 1. The SMILES string of the molecule is CCCCCCCCCC(CCC)OCCOC. The molecule has 0 aromatic carbocycles. The van der Waals surface area contributed by atoms with Gasteiger partial charge in [0.15, 0.2) is 0 Å². The number of hydrogen-bond acceptors (Lipinski definition) is 2. The fourth-order valence-electron chi connectivity index (χ4n) is 2.26. The van der Waals surface area contributed by atoms with Gasteiger partial charge in [0.1, 0.15) is 0 Å². The summed E-state index contributed by atoms with van der Waals surface area (Å²) in [6.07, 6.45) is 13.8. The molecule has 0 N–H and O–H groups in total. The Balaban J connectivity index is 3.39. The van der Waals surface area contributed by atoms with Crippen LogP contribution in [-0.4, -0.2) is 26.4 Å². The lowest BCUT2D eigenvalue weighted by atomic mass is 10.0. The molecule has 0 fully saturated rings. The zero-order valence-electron chi connectivity index (χ0n) is 12.9. The molecule has 0 saturated carbocycles. The molecule has 0 aliphatic rings. The molecule has 2 heteroatoms. The Hall–Kier alpha value is -0.0800. The summed E-state index contributed by atoms with van der Waals surface area (Å²) < 4.78 is 10.9. The zero-order chi connectivity index (χ0) is 13.5. The molecule has 0 aliphatic carbocycles. The minimum atomic E-state index is 0.459. The van der Waals surface area contributed by atoms with Gasteiger partial charge in [-0.3, -0.25) is 0 Å². The summed E-state index contributed by atoms with van der Waals surface area (Å²) in [5.41, 5.74) is 0. The minimum absolute atomic E-state index is 0.459. The molecule has 0 heterocycles. The molecule has 0 amide bonds. The van der Waals surface area contributed by atoms with Crippen molar-refractivity contribution in [3.05, 3.63) is 0 Å². The van der Waals surface area contributed by atoms with Crippen molar-refractivity contribution < 1.29 is 9.47 Å². The van der Waals surface area contributed by atoms with Gasteiger partial charge in [-0.15, -0.1) is 0 Å². The van der Waals surface area contributed by atoms with Crippen LogP contribution in [0.15, 0.2) is 0 Å². The second-order valence-corrected chi connectivity index (χ2v) is 5.18. The van der Waals surface area contributed by atoms with Gasteiger partial charge in [0.25, 0.3) is 0 Å². The monoisotopic (exact) mass is 258 g/mol. The number of ether oxygens (including phenoxy) is 2. The van der Waals surface area contributed by atoms with Gasteiger partial charge in [0.05, 0.1) is 19.3 Å². The van der Waals surface area contributed by atoms with Gasteiger partial charge >= 0.3 is 0 Å². The Morgan fingerprint density at radius 1 is 0.722 bits per heavy atom. The first-order chi connectivity index (χ1) is 8.85. The third-order valence-electron chi connectivity index (χ3n) is 3.38. The van der Waals surface area contributed by atoms with Crippen molar-refractivity contribution >= 4 is 0 Å². The number of hydrogen-bond donors (Lipinski definition) is 0. The van der Waals surface area contributed by atoms with E-state index in [2.05, 4.69) is 13.8 Å². The van der Waals surface area contributed by atoms with Crippen molar-refractivity contribution in [2.75, 3.05) is 20.3 Å². The van der Waals surface area contributed by atoms with E-state index in [-0.39, 0.29) is 0 Å². The first-order valence-electron chi connectivity index (χ1n) is 7.95. The highest BCUT2D eigenvalue weighted by molar-refractivity contribution is 4.58. The first kappa shape index (κ1) is 17.9. The van der Waals surface area contributed by atoms with Gasteiger partial charge in [-0.25, -0.2) is 0 Å². The van der Waals surface area contributed by atoms with Crippen molar-refractivity contribution in [2.45, 2.75) is 84.2 Å². The van der Waals surface area contributed by atoms with Crippen molar-refractivity contribution in [1.82, 2.24) is 0 Å². The molecule has 1 atom stereocenters. The van der Waals surface area contributed by atoms with Crippen LogP contribution in [0, 0.1) is 0 Å².